The van der Waals surface area contributed by atoms with Crippen molar-refractivity contribution in [2.75, 3.05) is 6.61 Å². The third-order valence-corrected chi connectivity index (χ3v) is 4.31. The molecule has 0 aromatic heterocycles. The van der Waals surface area contributed by atoms with Crippen molar-refractivity contribution in [2.24, 2.45) is 0 Å². The van der Waals surface area contributed by atoms with Crippen LogP contribution in [-0.2, 0) is 11.3 Å². The Kier molecular flexibility index (Phi) is 5.37. The van der Waals surface area contributed by atoms with Crippen molar-refractivity contribution in [3.8, 4) is 5.75 Å². The fourth-order valence-corrected chi connectivity index (χ4v) is 2.76. The summed E-state index contributed by atoms with van der Waals surface area (Å²) in [6, 6.07) is 10.3. The fraction of sp³-hybridized carbons (Fsp3) is 0.278. The van der Waals surface area contributed by atoms with Crippen molar-refractivity contribution < 1.29 is 18.8 Å². The van der Waals surface area contributed by atoms with Gasteiger partial charge in [-0.1, -0.05) is 29.8 Å². The molecule has 1 amide bonds. The van der Waals surface area contributed by atoms with Crippen molar-refractivity contribution in [3.05, 3.63) is 69.0 Å². The smallest absolute Gasteiger partial charge is 0.312 e. The molecule has 0 heterocycles. The van der Waals surface area contributed by atoms with Crippen LogP contribution in [0.5, 0.6) is 5.75 Å². The van der Waals surface area contributed by atoms with Crippen LogP contribution in [0.15, 0.2) is 42.5 Å². The van der Waals surface area contributed by atoms with Crippen LogP contribution in [-0.4, -0.2) is 28.4 Å². The van der Waals surface area contributed by atoms with E-state index in [4.69, 9.17) is 16.3 Å². The standard InChI is InChI=1S/C18H16ClFN2O4/c19-13-5-8-17(16(9-13)22(24)25)26-11-18(23)21(14-6-7-14)10-12-3-1-2-4-15(12)20/h1-5,8-9,14H,6-7,10-11H2. The van der Waals surface area contributed by atoms with Crippen LogP contribution in [0.25, 0.3) is 0 Å². The number of amides is 1. The molecule has 0 saturated heterocycles. The SMILES string of the molecule is O=C(COc1ccc(Cl)cc1[N+](=O)[O-])N(Cc1ccccc1F)C1CC1. The van der Waals surface area contributed by atoms with Crippen LogP contribution < -0.4 is 4.74 Å². The maximum Gasteiger partial charge on any atom is 0.312 e. The molecule has 2 aromatic carbocycles. The van der Waals surface area contributed by atoms with Gasteiger partial charge >= 0.3 is 5.69 Å². The minimum Gasteiger partial charge on any atom is -0.477 e. The number of nitrogens with zero attached hydrogens (tertiary/aromatic N) is 2. The van der Waals surface area contributed by atoms with Crippen LogP contribution in [0.2, 0.25) is 5.02 Å². The minimum atomic E-state index is -0.621. The molecule has 136 valence electrons. The Labute approximate surface area is 154 Å². The quantitative estimate of drug-likeness (QED) is 0.540. The molecule has 1 aliphatic carbocycles. The van der Waals surface area contributed by atoms with Gasteiger partial charge in [0.25, 0.3) is 5.91 Å². The molecule has 0 N–H and O–H groups in total. The van der Waals surface area contributed by atoms with Gasteiger partial charge in [-0.05, 0) is 31.0 Å². The van der Waals surface area contributed by atoms with Gasteiger partial charge < -0.3 is 9.64 Å². The highest BCUT2D eigenvalue weighted by molar-refractivity contribution is 6.30. The van der Waals surface area contributed by atoms with Crippen molar-refractivity contribution in [2.45, 2.75) is 25.4 Å². The lowest BCUT2D eigenvalue weighted by Crippen LogP contribution is -2.36. The normalized spacial score (nSPS) is 13.3. The van der Waals surface area contributed by atoms with Crippen molar-refractivity contribution in [1.29, 1.82) is 0 Å². The maximum atomic E-state index is 13.9. The number of halogens is 2. The number of hydrogen-bond donors (Lipinski definition) is 0. The van der Waals surface area contributed by atoms with Crippen molar-refractivity contribution in [3.63, 3.8) is 0 Å². The Hall–Kier alpha value is -2.67. The van der Waals surface area contributed by atoms with Crippen LogP contribution in [0, 0.1) is 15.9 Å². The van der Waals surface area contributed by atoms with Gasteiger partial charge in [0.05, 0.1) is 4.92 Å². The van der Waals surface area contributed by atoms with Gasteiger partial charge in [-0.25, -0.2) is 4.39 Å². The first kappa shape index (κ1) is 18.1. The summed E-state index contributed by atoms with van der Waals surface area (Å²) in [5, 5.41) is 11.3. The number of nitro groups is 1. The van der Waals surface area contributed by atoms with E-state index in [-0.39, 0.29) is 47.4 Å². The van der Waals surface area contributed by atoms with E-state index in [1.54, 1.807) is 23.1 Å². The molecule has 0 bridgehead atoms. The topological polar surface area (TPSA) is 72.7 Å². The van der Waals surface area contributed by atoms with Gasteiger partial charge in [0.1, 0.15) is 5.82 Å². The minimum absolute atomic E-state index is 0.0330. The second kappa shape index (κ2) is 7.70. The number of ether oxygens (including phenoxy) is 1. The van der Waals surface area contributed by atoms with Gasteiger partial charge in [0.2, 0.25) is 0 Å². The summed E-state index contributed by atoms with van der Waals surface area (Å²) in [6.07, 6.45) is 1.70. The molecule has 1 saturated carbocycles. The Bertz CT molecular complexity index is 842. The molecule has 0 spiro atoms. The molecule has 0 radical (unpaired) electrons. The molecule has 8 heteroatoms. The number of benzene rings is 2. The average Bonchev–Trinajstić information content (AvgIpc) is 3.44. The molecule has 1 fully saturated rings. The van der Waals surface area contributed by atoms with E-state index in [0.29, 0.717) is 5.56 Å². The average molecular weight is 379 g/mol. The van der Waals surface area contributed by atoms with Gasteiger partial charge in [-0.15, -0.1) is 0 Å². The third-order valence-electron chi connectivity index (χ3n) is 4.08. The first-order chi connectivity index (χ1) is 12.5. The van der Waals surface area contributed by atoms with Crippen LogP contribution in [0.4, 0.5) is 10.1 Å². The van der Waals surface area contributed by atoms with E-state index >= 15 is 0 Å². The summed E-state index contributed by atoms with van der Waals surface area (Å²) < 4.78 is 19.2. The predicted molar refractivity (Wildman–Crippen MR) is 93.6 cm³/mol. The summed E-state index contributed by atoms with van der Waals surface area (Å²) in [7, 11) is 0. The summed E-state index contributed by atoms with van der Waals surface area (Å²) >= 11 is 5.76. The zero-order valence-corrected chi connectivity index (χ0v) is 14.5. The largest absolute Gasteiger partial charge is 0.477 e. The van der Waals surface area contributed by atoms with E-state index in [0.717, 1.165) is 12.8 Å². The monoisotopic (exact) mass is 378 g/mol. The molecule has 0 unspecified atom stereocenters. The molecule has 3 rings (SSSR count). The summed E-state index contributed by atoms with van der Waals surface area (Å²) in [4.78, 5) is 24.6. The molecule has 0 atom stereocenters. The number of rotatable bonds is 7. The Morgan fingerprint density at radius 2 is 2.04 bits per heavy atom. The van der Waals surface area contributed by atoms with Crippen molar-refractivity contribution in [1.82, 2.24) is 4.90 Å². The zero-order valence-electron chi connectivity index (χ0n) is 13.7. The highest BCUT2D eigenvalue weighted by atomic mass is 35.5. The molecule has 1 aliphatic rings. The first-order valence-corrected chi connectivity index (χ1v) is 8.43. The Morgan fingerprint density at radius 1 is 1.31 bits per heavy atom. The number of carbonyl (C=O) groups excluding carboxylic acids is 1. The zero-order chi connectivity index (χ0) is 18.7. The molecular weight excluding hydrogens is 363 g/mol. The van der Waals surface area contributed by atoms with E-state index in [1.165, 1.54) is 24.3 Å². The lowest BCUT2D eigenvalue weighted by molar-refractivity contribution is -0.385. The lowest BCUT2D eigenvalue weighted by Gasteiger charge is -2.23. The van der Waals surface area contributed by atoms with E-state index in [9.17, 15) is 19.3 Å². The second-order valence-electron chi connectivity index (χ2n) is 6.00. The molecule has 6 nitrogen and oxygen atoms in total. The van der Waals surface area contributed by atoms with E-state index in [2.05, 4.69) is 0 Å². The Morgan fingerprint density at radius 3 is 2.69 bits per heavy atom. The van der Waals surface area contributed by atoms with E-state index < -0.39 is 4.92 Å². The third kappa shape index (κ3) is 4.29. The lowest BCUT2D eigenvalue weighted by atomic mass is 10.2. The molecule has 0 aliphatic heterocycles. The Balaban J connectivity index is 1.70. The van der Waals surface area contributed by atoms with Crippen LogP contribution >= 0.6 is 11.6 Å². The summed E-state index contributed by atoms with van der Waals surface area (Å²) in [5.74, 6) is -0.755. The van der Waals surface area contributed by atoms with Gasteiger partial charge in [-0.3, -0.25) is 14.9 Å². The molecule has 2 aromatic rings. The maximum absolute atomic E-state index is 13.9. The van der Waals surface area contributed by atoms with Gasteiger partial charge in [0, 0.05) is 29.2 Å². The first-order valence-electron chi connectivity index (χ1n) is 8.05. The molecular formula is C18H16ClFN2O4. The van der Waals surface area contributed by atoms with Gasteiger partial charge in [0.15, 0.2) is 12.4 Å². The summed E-state index contributed by atoms with van der Waals surface area (Å²) in [5.41, 5.74) is 0.114. The highest BCUT2D eigenvalue weighted by Gasteiger charge is 2.33. The molecule has 26 heavy (non-hydrogen) atoms. The van der Waals surface area contributed by atoms with Crippen LogP contribution in [0.1, 0.15) is 18.4 Å². The second-order valence-corrected chi connectivity index (χ2v) is 6.44. The van der Waals surface area contributed by atoms with E-state index in [1.807, 2.05) is 0 Å². The predicted octanol–water partition coefficient (Wildman–Crippen LogP) is 3.96. The van der Waals surface area contributed by atoms with Crippen LogP contribution in [0.3, 0.4) is 0 Å². The number of hydrogen-bond acceptors (Lipinski definition) is 4. The fourth-order valence-electron chi connectivity index (χ4n) is 2.59. The highest BCUT2D eigenvalue weighted by Crippen LogP contribution is 2.31. The summed E-state index contributed by atoms with van der Waals surface area (Å²) in [6.45, 7) is -0.227. The number of nitro benzene ring substituents is 1. The van der Waals surface area contributed by atoms with Gasteiger partial charge in [-0.2, -0.15) is 0 Å². The van der Waals surface area contributed by atoms with Crippen molar-refractivity contribution >= 4 is 23.2 Å². The number of carbonyl (C=O) groups is 1.